The van der Waals surface area contributed by atoms with Crippen LogP contribution in [0.4, 0.5) is 0 Å². The van der Waals surface area contributed by atoms with Crippen LogP contribution in [0.5, 0.6) is 0 Å². The van der Waals surface area contributed by atoms with Crippen molar-refractivity contribution in [1.82, 2.24) is 0 Å². The Labute approximate surface area is 72.6 Å². The third-order valence-corrected chi connectivity index (χ3v) is 3.00. The number of esters is 1. The average molecular weight is 166 g/mol. The summed E-state index contributed by atoms with van der Waals surface area (Å²) in [7, 11) is 0. The van der Waals surface area contributed by atoms with Gasteiger partial charge in [-0.15, -0.1) is 0 Å². The van der Waals surface area contributed by atoms with E-state index < -0.39 is 0 Å². The molecule has 1 fully saturated rings. The van der Waals surface area contributed by atoms with E-state index >= 15 is 0 Å². The van der Waals surface area contributed by atoms with Gasteiger partial charge < -0.3 is 4.74 Å². The first-order valence-corrected chi connectivity index (χ1v) is 4.48. The second kappa shape index (κ2) is 2.35. The van der Waals surface area contributed by atoms with E-state index in [0.29, 0.717) is 11.8 Å². The summed E-state index contributed by atoms with van der Waals surface area (Å²) in [4.78, 5) is 10.8. The van der Waals surface area contributed by atoms with Crippen LogP contribution >= 0.6 is 0 Å². The van der Waals surface area contributed by atoms with Gasteiger partial charge in [0.2, 0.25) is 0 Å². The van der Waals surface area contributed by atoms with Crippen LogP contribution in [-0.2, 0) is 9.53 Å². The fraction of sp³-hybridized carbons (Fsp3) is 0.700. The lowest BCUT2D eigenvalue weighted by molar-refractivity contribution is -0.157. The summed E-state index contributed by atoms with van der Waals surface area (Å²) >= 11 is 0. The zero-order valence-corrected chi connectivity index (χ0v) is 7.54. The van der Waals surface area contributed by atoms with E-state index in [1.807, 2.05) is 6.92 Å². The van der Waals surface area contributed by atoms with Gasteiger partial charge in [0.05, 0.1) is 0 Å². The van der Waals surface area contributed by atoms with E-state index in [1.165, 1.54) is 13.3 Å². The third kappa shape index (κ3) is 1.06. The minimum absolute atomic E-state index is 0.154. The molecule has 0 radical (unpaired) electrons. The van der Waals surface area contributed by atoms with Gasteiger partial charge in [-0.1, -0.05) is 12.2 Å². The Morgan fingerprint density at radius 3 is 2.75 bits per heavy atom. The van der Waals surface area contributed by atoms with Crippen molar-refractivity contribution < 1.29 is 9.53 Å². The van der Waals surface area contributed by atoms with Gasteiger partial charge in [-0.3, -0.25) is 4.79 Å². The molecule has 0 aliphatic heterocycles. The van der Waals surface area contributed by atoms with Crippen LogP contribution in [0, 0.1) is 11.8 Å². The zero-order chi connectivity index (χ0) is 8.77. The van der Waals surface area contributed by atoms with Gasteiger partial charge in [0, 0.05) is 12.8 Å². The molecule has 2 rings (SSSR count). The lowest BCUT2D eigenvalue weighted by atomic mass is 9.90. The SMILES string of the molecule is CC(=O)OC1(C)CC2C=CC1C2. The number of rotatable bonds is 1. The molecule has 0 aromatic rings. The molecule has 0 amide bonds. The smallest absolute Gasteiger partial charge is 0.303 e. The third-order valence-electron chi connectivity index (χ3n) is 3.00. The molecule has 0 aromatic heterocycles. The molecule has 1 saturated carbocycles. The van der Waals surface area contributed by atoms with Crippen LogP contribution < -0.4 is 0 Å². The van der Waals surface area contributed by atoms with Crippen molar-refractivity contribution in [1.29, 1.82) is 0 Å². The predicted octanol–water partition coefficient (Wildman–Crippen LogP) is 1.90. The summed E-state index contributed by atoms with van der Waals surface area (Å²) in [6, 6.07) is 0. The monoisotopic (exact) mass is 166 g/mol. The van der Waals surface area contributed by atoms with Gasteiger partial charge in [0.25, 0.3) is 0 Å². The van der Waals surface area contributed by atoms with Crippen LogP contribution in [-0.4, -0.2) is 11.6 Å². The maximum absolute atomic E-state index is 10.8. The minimum atomic E-state index is -0.203. The molecule has 0 heterocycles. The molecular weight excluding hydrogens is 152 g/mol. The number of carbonyl (C=O) groups is 1. The van der Waals surface area contributed by atoms with Gasteiger partial charge in [-0.25, -0.2) is 0 Å². The maximum Gasteiger partial charge on any atom is 0.303 e. The summed E-state index contributed by atoms with van der Waals surface area (Å²) in [6.45, 7) is 3.53. The molecule has 0 N–H and O–H groups in total. The Balaban J connectivity index is 2.13. The predicted molar refractivity (Wildman–Crippen MR) is 45.5 cm³/mol. The molecule has 2 nitrogen and oxygen atoms in total. The first-order chi connectivity index (χ1) is 5.60. The Hall–Kier alpha value is -0.790. The van der Waals surface area contributed by atoms with Crippen LogP contribution in [0.25, 0.3) is 0 Å². The first kappa shape index (κ1) is 7.84. The average Bonchev–Trinajstić information content (AvgIpc) is 2.42. The molecule has 2 aliphatic rings. The molecule has 0 saturated heterocycles. The standard InChI is InChI=1S/C10H14O2/c1-7(11)12-10(2)6-8-3-4-9(10)5-8/h3-4,8-9H,5-6H2,1-2H3. The number of hydrogen-bond acceptors (Lipinski definition) is 2. The topological polar surface area (TPSA) is 26.3 Å². The molecule has 3 atom stereocenters. The van der Waals surface area contributed by atoms with Crippen molar-refractivity contribution >= 4 is 5.97 Å². The summed E-state index contributed by atoms with van der Waals surface area (Å²) in [5.41, 5.74) is -0.203. The first-order valence-electron chi connectivity index (χ1n) is 4.48. The molecule has 2 heteroatoms. The van der Waals surface area contributed by atoms with Crippen LogP contribution in [0.2, 0.25) is 0 Å². The van der Waals surface area contributed by atoms with E-state index in [-0.39, 0.29) is 11.6 Å². The highest BCUT2D eigenvalue weighted by molar-refractivity contribution is 5.66. The van der Waals surface area contributed by atoms with Crippen LogP contribution in [0.3, 0.4) is 0 Å². The molecule has 2 aliphatic carbocycles. The fourth-order valence-electron chi connectivity index (χ4n) is 2.50. The lowest BCUT2D eigenvalue weighted by Gasteiger charge is -2.30. The van der Waals surface area contributed by atoms with E-state index in [0.717, 1.165) is 6.42 Å². The van der Waals surface area contributed by atoms with Gasteiger partial charge >= 0.3 is 5.97 Å². The van der Waals surface area contributed by atoms with Gasteiger partial charge in [-0.2, -0.15) is 0 Å². The highest BCUT2D eigenvalue weighted by Crippen LogP contribution is 2.48. The van der Waals surface area contributed by atoms with E-state index in [4.69, 9.17) is 4.74 Å². The van der Waals surface area contributed by atoms with Crippen LogP contribution in [0.15, 0.2) is 12.2 Å². The van der Waals surface area contributed by atoms with Gasteiger partial charge in [-0.05, 0) is 25.7 Å². The second-order valence-corrected chi connectivity index (χ2v) is 4.10. The lowest BCUT2D eigenvalue weighted by Crippen LogP contribution is -2.35. The molecular formula is C10H14O2. The number of carbonyl (C=O) groups excluding carboxylic acids is 1. The van der Waals surface area contributed by atoms with Crippen molar-refractivity contribution in [3.05, 3.63) is 12.2 Å². The van der Waals surface area contributed by atoms with Crippen LogP contribution in [0.1, 0.15) is 26.7 Å². The van der Waals surface area contributed by atoms with Gasteiger partial charge in [0.1, 0.15) is 5.60 Å². The minimum Gasteiger partial charge on any atom is -0.459 e. The van der Waals surface area contributed by atoms with Crippen molar-refractivity contribution in [3.8, 4) is 0 Å². The Kier molecular flexibility index (Phi) is 1.53. The van der Waals surface area contributed by atoms with Crippen molar-refractivity contribution in [2.24, 2.45) is 11.8 Å². The molecule has 0 spiro atoms. The number of allylic oxidation sites excluding steroid dienone is 1. The highest BCUT2D eigenvalue weighted by Gasteiger charge is 2.47. The molecule has 3 unspecified atom stereocenters. The Morgan fingerprint density at radius 2 is 2.33 bits per heavy atom. The summed E-state index contributed by atoms with van der Waals surface area (Å²) in [5, 5.41) is 0. The summed E-state index contributed by atoms with van der Waals surface area (Å²) in [5.74, 6) is 0.962. The summed E-state index contributed by atoms with van der Waals surface area (Å²) < 4.78 is 5.34. The van der Waals surface area contributed by atoms with E-state index in [9.17, 15) is 4.79 Å². The number of hydrogen-bond donors (Lipinski definition) is 0. The van der Waals surface area contributed by atoms with Crippen molar-refractivity contribution in [2.45, 2.75) is 32.3 Å². The normalized spacial score (nSPS) is 43.5. The molecule has 12 heavy (non-hydrogen) atoms. The Bertz CT molecular complexity index is 244. The number of ether oxygens (including phenoxy) is 1. The molecule has 0 aromatic carbocycles. The summed E-state index contributed by atoms with van der Waals surface area (Å²) in [6.07, 6.45) is 6.62. The molecule has 66 valence electrons. The fourth-order valence-corrected chi connectivity index (χ4v) is 2.50. The highest BCUT2D eigenvalue weighted by atomic mass is 16.6. The number of fused-ring (bicyclic) bond motifs is 2. The van der Waals surface area contributed by atoms with Crippen molar-refractivity contribution in [2.75, 3.05) is 0 Å². The maximum atomic E-state index is 10.8. The van der Waals surface area contributed by atoms with E-state index in [2.05, 4.69) is 12.2 Å². The van der Waals surface area contributed by atoms with E-state index in [1.54, 1.807) is 0 Å². The van der Waals surface area contributed by atoms with Crippen molar-refractivity contribution in [3.63, 3.8) is 0 Å². The largest absolute Gasteiger partial charge is 0.459 e. The second-order valence-electron chi connectivity index (χ2n) is 4.10. The Morgan fingerprint density at radius 1 is 1.58 bits per heavy atom. The molecule has 2 bridgehead atoms. The zero-order valence-electron chi connectivity index (χ0n) is 7.54. The quantitative estimate of drug-likeness (QED) is 0.439. The van der Waals surface area contributed by atoms with Gasteiger partial charge in [0.15, 0.2) is 0 Å².